The fourth-order valence-corrected chi connectivity index (χ4v) is 4.84. The number of methoxy groups -OCH3 is 1. The Morgan fingerprint density at radius 3 is 2.76 bits per heavy atom. The Balaban J connectivity index is 1.83. The van der Waals surface area contributed by atoms with E-state index in [0.717, 1.165) is 31.5 Å². The molecule has 0 aromatic carbocycles. The van der Waals surface area contributed by atoms with Crippen molar-refractivity contribution in [2.45, 2.75) is 19.8 Å². The summed E-state index contributed by atoms with van der Waals surface area (Å²) in [5.74, 6) is 0.441. The standard InChI is InChI=1S/C20H22N4O3S2/c1-13-5-6-16-21-17(22-7-3-4-8-22)14(18(25)24(16)12-13)11-15-19(26)23(9-10-27-2)20(28)29-15/h5-6,11-12H,3-4,7-10H2,1-2H3/b15-11+. The highest BCUT2D eigenvalue weighted by Gasteiger charge is 2.32. The average Bonchev–Trinajstić information content (AvgIpc) is 3.32. The van der Waals surface area contributed by atoms with Crippen LogP contribution in [0, 0.1) is 6.92 Å². The number of carbonyl (C=O) groups is 1. The van der Waals surface area contributed by atoms with E-state index in [2.05, 4.69) is 4.90 Å². The van der Waals surface area contributed by atoms with Crippen molar-refractivity contribution in [3.8, 4) is 0 Å². The highest BCUT2D eigenvalue weighted by Crippen LogP contribution is 2.33. The maximum atomic E-state index is 13.4. The zero-order chi connectivity index (χ0) is 20.5. The number of hydrogen-bond donors (Lipinski definition) is 0. The molecule has 4 rings (SSSR count). The van der Waals surface area contributed by atoms with Crippen LogP contribution in [0.5, 0.6) is 0 Å². The number of fused-ring (bicyclic) bond motifs is 1. The predicted octanol–water partition coefficient (Wildman–Crippen LogP) is 2.45. The molecule has 2 aliphatic rings. The second kappa shape index (κ2) is 8.25. The highest BCUT2D eigenvalue weighted by atomic mass is 32.2. The molecule has 4 heterocycles. The van der Waals surface area contributed by atoms with Crippen molar-refractivity contribution in [3.05, 3.63) is 44.7 Å². The van der Waals surface area contributed by atoms with Gasteiger partial charge in [0.1, 0.15) is 15.8 Å². The summed E-state index contributed by atoms with van der Waals surface area (Å²) in [7, 11) is 1.58. The van der Waals surface area contributed by atoms with E-state index >= 15 is 0 Å². The van der Waals surface area contributed by atoms with Gasteiger partial charge in [0.15, 0.2) is 0 Å². The number of thioether (sulfide) groups is 1. The van der Waals surface area contributed by atoms with Crippen molar-refractivity contribution in [2.75, 3.05) is 38.3 Å². The van der Waals surface area contributed by atoms with Gasteiger partial charge in [0.25, 0.3) is 11.5 Å². The Labute approximate surface area is 178 Å². The predicted molar refractivity (Wildman–Crippen MR) is 119 cm³/mol. The molecule has 0 radical (unpaired) electrons. The van der Waals surface area contributed by atoms with E-state index in [-0.39, 0.29) is 11.5 Å². The van der Waals surface area contributed by atoms with Crippen molar-refractivity contribution in [1.29, 1.82) is 0 Å². The number of ether oxygens (including phenoxy) is 1. The number of amides is 1. The summed E-state index contributed by atoms with van der Waals surface area (Å²) < 4.78 is 7.09. The van der Waals surface area contributed by atoms with E-state index in [9.17, 15) is 9.59 Å². The number of pyridine rings is 1. The maximum Gasteiger partial charge on any atom is 0.267 e. The van der Waals surface area contributed by atoms with Crippen LogP contribution < -0.4 is 10.5 Å². The van der Waals surface area contributed by atoms with Gasteiger partial charge in [-0.1, -0.05) is 30.0 Å². The lowest BCUT2D eigenvalue weighted by Crippen LogP contribution is -2.31. The molecule has 2 aliphatic heterocycles. The van der Waals surface area contributed by atoms with Gasteiger partial charge in [-0.2, -0.15) is 0 Å². The summed E-state index contributed by atoms with van der Waals surface area (Å²) >= 11 is 6.57. The quantitative estimate of drug-likeness (QED) is 0.533. The Kier molecular flexibility index (Phi) is 5.71. The molecule has 2 aromatic heterocycles. The van der Waals surface area contributed by atoms with E-state index in [0.29, 0.717) is 39.4 Å². The molecular formula is C20H22N4O3S2. The van der Waals surface area contributed by atoms with E-state index in [1.54, 1.807) is 23.8 Å². The first-order valence-electron chi connectivity index (χ1n) is 9.52. The molecule has 2 aromatic rings. The van der Waals surface area contributed by atoms with Gasteiger partial charge in [-0.05, 0) is 37.5 Å². The van der Waals surface area contributed by atoms with Crippen LogP contribution in [0.3, 0.4) is 0 Å². The lowest BCUT2D eigenvalue weighted by Gasteiger charge is -2.19. The largest absolute Gasteiger partial charge is 0.383 e. The van der Waals surface area contributed by atoms with Gasteiger partial charge in [-0.3, -0.25) is 18.9 Å². The summed E-state index contributed by atoms with van der Waals surface area (Å²) in [6.45, 7) is 4.43. The van der Waals surface area contributed by atoms with Crippen molar-refractivity contribution >= 4 is 51.7 Å². The van der Waals surface area contributed by atoms with Crippen LogP contribution in [0.2, 0.25) is 0 Å². The van der Waals surface area contributed by atoms with Gasteiger partial charge in [0, 0.05) is 26.4 Å². The Morgan fingerprint density at radius 1 is 1.28 bits per heavy atom. The van der Waals surface area contributed by atoms with E-state index in [1.807, 2.05) is 19.1 Å². The van der Waals surface area contributed by atoms with Crippen molar-refractivity contribution in [3.63, 3.8) is 0 Å². The molecule has 152 valence electrons. The van der Waals surface area contributed by atoms with Crippen molar-refractivity contribution < 1.29 is 9.53 Å². The topological polar surface area (TPSA) is 67.2 Å². The lowest BCUT2D eigenvalue weighted by atomic mass is 10.2. The zero-order valence-corrected chi connectivity index (χ0v) is 18.0. The lowest BCUT2D eigenvalue weighted by molar-refractivity contribution is -0.122. The van der Waals surface area contributed by atoms with E-state index < -0.39 is 0 Å². The molecule has 0 unspecified atom stereocenters. The first kappa shape index (κ1) is 20.1. The first-order chi connectivity index (χ1) is 14.0. The SMILES string of the molecule is COCCN1C(=O)/C(=C\c2c(N3CCCC3)nc3ccc(C)cn3c2=O)SC1=S. The molecule has 2 fully saturated rings. The highest BCUT2D eigenvalue weighted by molar-refractivity contribution is 8.26. The summed E-state index contributed by atoms with van der Waals surface area (Å²) in [6, 6.07) is 3.79. The number of anilines is 1. The Bertz CT molecular complexity index is 1070. The van der Waals surface area contributed by atoms with Crippen LogP contribution in [0.25, 0.3) is 11.7 Å². The third kappa shape index (κ3) is 3.82. The second-order valence-electron chi connectivity index (χ2n) is 7.11. The molecule has 7 nitrogen and oxygen atoms in total. The third-order valence-electron chi connectivity index (χ3n) is 5.06. The molecule has 29 heavy (non-hydrogen) atoms. The monoisotopic (exact) mass is 430 g/mol. The molecule has 0 bridgehead atoms. The van der Waals surface area contributed by atoms with E-state index in [1.165, 1.54) is 16.7 Å². The number of aromatic nitrogens is 2. The number of nitrogens with zero attached hydrogens (tertiary/aromatic N) is 4. The number of hydrogen-bond acceptors (Lipinski definition) is 7. The zero-order valence-electron chi connectivity index (χ0n) is 16.4. The van der Waals surface area contributed by atoms with Crippen LogP contribution in [0.15, 0.2) is 28.0 Å². The number of aryl methyl sites for hydroxylation is 1. The van der Waals surface area contributed by atoms with Gasteiger partial charge < -0.3 is 9.64 Å². The average molecular weight is 431 g/mol. The fraction of sp³-hybridized carbons (Fsp3) is 0.400. The minimum Gasteiger partial charge on any atom is -0.383 e. The van der Waals surface area contributed by atoms with Gasteiger partial charge in [-0.25, -0.2) is 4.98 Å². The van der Waals surface area contributed by atoms with Crippen LogP contribution in [0.4, 0.5) is 5.82 Å². The molecule has 2 saturated heterocycles. The Morgan fingerprint density at radius 2 is 2.03 bits per heavy atom. The summed E-state index contributed by atoms with van der Waals surface area (Å²) in [6.07, 6.45) is 5.56. The van der Waals surface area contributed by atoms with Gasteiger partial charge >= 0.3 is 0 Å². The molecular weight excluding hydrogens is 408 g/mol. The minimum atomic E-state index is -0.196. The maximum absolute atomic E-state index is 13.4. The summed E-state index contributed by atoms with van der Waals surface area (Å²) in [5, 5.41) is 0. The smallest absolute Gasteiger partial charge is 0.267 e. The Hall–Kier alpha value is -2.23. The molecule has 0 spiro atoms. The van der Waals surface area contributed by atoms with Crippen LogP contribution in [-0.2, 0) is 9.53 Å². The van der Waals surface area contributed by atoms with Gasteiger partial charge in [0.2, 0.25) is 0 Å². The van der Waals surface area contributed by atoms with Crippen LogP contribution >= 0.6 is 24.0 Å². The van der Waals surface area contributed by atoms with E-state index in [4.69, 9.17) is 21.9 Å². The number of rotatable bonds is 5. The third-order valence-corrected chi connectivity index (χ3v) is 6.44. The first-order valence-corrected chi connectivity index (χ1v) is 10.7. The molecule has 9 heteroatoms. The summed E-state index contributed by atoms with van der Waals surface area (Å²) in [4.78, 5) is 35.0. The second-order valence-corrected chi connectivity index (χ2v) is 8.78. The van der Waals surface area contributed by atoms with Crippen molar-refractivity contribution in [2.24, 2.45) is 0 Å². The molecule has 0 atom stereocenters. The van der Waals surface area contributed by atoms with Gasteiger partial charge in [0.05, 0.1) is 23.6 Å². The molecule has 0 aliphatic carbocycles. The summed E-state index contributed by atoms with van der Waals surface area (Å²) in [5.41, 5.74) is 1.82. The van der Waals surface area contributed by atoms with Crippen molar-refractivity contribution in [1.82, 2.24) is 14.3 Å². The van der Waals surface area contributed by atoms with Gasteiger partial charge in [-0.15, -0.1) is 0 Å². The minimum absolute atomic E-state index is 0.178. The normalized spacial score (nSPS) is 18.6. The molecule has 1 amide bonds. The fourth-order valence-electron chi connectivity index (χ4n) is 3.55. The van der Waals surface area contributed by atoms with Crippen LogP contribution in [-0.4, -0.2) is 57.9 Å². The number of carbonyl (C=O) groups excluding carboxylic acids is 1. The molecule has 0 saturated carbocycles. The van der Waals surface area contributed by atoms with Crippen LogP contribution in [0.1, 0.15) is 24.0 Å². The molecule has 0 N–H and O–H groups in total. The number of thiocarbonyl (C=S) groups is 1.